The van der Waals surface area contributed by atoms with E-state index in [2.05, 4.69) is 36.6 Å². The first-order valence-corrected chi connectivity index (χ1v) is 6.12. The molecular formula is C11H12BrFN6. The van der Waals surface area contributed by atoms with Crippen molar-refractivity contribution in [2.75, 3.05) is 16.5 Å². The summed E-state index contributed by atoms with van der Waals surface area (Å²) in [6.07, 6.45) is 0. The molecule has 2 rings (SSSR count). The maximum atomic E-state index is 13.3. The van der Waals surface area contributed by atoms with Gasteiger partial charge < -0.3 is 16.5 Å². The fraction of sp³-hybridized carbons (Fsp3) is 0.0909. The van der Waals surface area contributed by atoms with Crippen LogP contribution in [-0.2, 0) is 0 Å². The lowest BCUT2D eigenvalue weighted by molar-refractivity contribution is 0.620. The molecule has 0 aliphatic heterocycles. The predicted molar refractivity (Wildman–Crippen MR) is 76.4 cm³/mol. The first kappa shape index (κ1) is 13.5. The molecule has 1 heterocycles. The van der Waals surface area contributed by atoms with E-state index in [1.807, 2.05) is 0 Å². The van der Waals surface area contributed by atoms with Crippen LogP contribution in [-0.4, -0.2) is 9.97 Å². The van der Waals surface area contributed by atoms with Gasteiger partial charge in [-0.3, -0.25) is 0 Å². The highest BCUT2D eigenvalue weighted by molar-refractivity contribution is 9.10. The third-order valence-electron chi connectivity index (χ3n) is 2.42. The molecule has 0 unspecified atom stereocenters. The zero-order valence-electron chi connectivity index (χ0n) is 10.0. The number of nitrogens with two attached hydrogens (primary N) is 2. The zero-order chi connectivity index (χ0) is 14.0. The summed E-state index contributed by atoms with van der Waals surface area (Å²) in [6, 6.07) is 4.63. The highest BCUT2D eigenvalue weighted by Crippen LogP contribution is 2.27. The van der Waals surface area contributed by atoms with E-state index in [4.69, 9.17) is 11.6 Å². The van der Waals surface area contributed by atoms with Crippen molar-refractivity contribution in [1.29, 1.82) is 0 Å². The standard InChI is InChI=1S/C11H12BrFN6/c1-5-2-7(13)6(12)3-8(5)16-9-4-10(19-15)18-11(14)17-9/h2-4H,15H2,1H3,(H4,14,16,17,18,19). The summed E-state index contributed by atoms with van der Waals surface area (Å²) in [7, 11) is 0. The monoisotopic (exact) mass is 326 g/mol. The average Bonchev–Trinajstić information content (AvgIpc) is 2.35. The Labute approximate surface area is 117 Å². The van der Waals surface area contributed by atoms with Gasteiger partial charge in [0.15, 0.2) is 0 Å². The smallest absolute Gasteiger partial charge is 0.223 e. The van der Waals surface area contributed by atoms with Crippen molar-refractivity contribution < 1.29 is 4.39 Å². The Morgan fingerprint density at radius 1 is 1.21 bits per heavy atom. The minimum absolute atomic E-state index is 0.0804. The lowest BCUT2D eigenvalue weighted by atomic mass is 10.2. The van der Waals surface area contributed by atoms with E-state index in [1.54, 1.807) is 19.1 Å². The van der Waals surface area contributed by atoms with Gasteiger partial charge in [-0.2, -0.15) is 9.97 Å². The number of hydrogen-bond acceptors (Lipinski definition) is 6. The lowest BCUT2D eigenvalue weighted by Gasteiger charge is -2.11. The van der Waals surface area contributed by atoms with Gasteiger partial charge in [-0.05, 0) is 40.5 Å². The van der Waals surface area contributed by atoms with E-state index in [9.17, 15) is 4.39 Å². The molecule has 8 heteroatoms. The number of rotatable bonds is 3. The van der Waals surface area contributed by atoms with Gasteiger partial charge in [-0.25, -0.2) is 10.2 Å². The molecule has 0 spiro atoms. The number of hydrazine groups is 1. The largest absolute Gasteiger partial charge is 0.368 e. The number of aryl methyl sites for hydroxylation is 1. The van der Waals surface area contributed by atoms with E-state index >= 15 is 0 Å². The summed E-state index contributed by atoms with van der Waals surface area (Å²) in [5.41, 5.74) is 9.38. The summed E-state index contributed by atoms with van der Waals surface area (Å²) >= 11 is 3.13. The Morgan fingerprint density at radius 3 is 2.58 bits per heavy atom. The number of nitrogens with zero attached hydrogens (tertiary/aromatic N) is 2. The van der Waals surface area contributed by atoms with Crippen LogP contribution < -0.4 is 22.3 Å². The third kappa shape index (κ3) is 3.09. The Bertz CT molecular complexity index is 618. The van der Waals surface area contributed by atoms with Crippen LogP contribution in [0.5, 0.6) is 0 Å². The topological polar surface area (TPSA) is 102 Å². The number of benzene rings is 1. The molecular weight excluding hydrogens is 315 g/mol. The van der Waals surface area contributed by atoms with Crippen molar-refractivity contribution >= 4 is 39.2 Å². The molecule has 100 valence electrons. The van der Waals surface area contributed by atoms with Crippen molar-refractivity contribution in [1.82, 2.24) is 9.97 Å². The Hall–Kier alpha value is -1.93. The van der Waals surface area contributed by atoms with Crippen LogP contribution in [0, 0.1) is 12.7 Å². The van der Waals surface area contributed by atoms with Crippen LogP contribution >= 0.6 is 15.9 Å². The van der Waals surface area contributed by atoms with Crippen molar-refractivity contribution in [3.63, 3.8) is 0 Å². The SMILES string of the molecule is Cc1cc(F)c(Br)cc1Nc1cc(NN)nc(N)n1. The second kappa shape index (κ2) is 5.37. The average molecular weight is 327 g/mol. The third-order valence-corrected chi connectivity index (χ3v) is 3.03. The van der Waals surface area contributed by atoms with E-state index in [1.165, 1.54) is 6.07 Å². The van der Waals surface area contributed by atoms with Crippen LogP contribution in [0.1, 0.15) is 5.56 Å². The molecule has 0 saturated heterocycles. The first-order chi connectivity index (χ1) is 8.99. The molecule has 0 aliphatic carbocycles. The quantitative estimate of drug-likeness (QED) is 0.510. The number of nitrogen functional groups attached to an aromatic ring is 2. The maximum absolute atomic E-state index is 13.3. The van der Waals surface area contributed by atoms with Gasteiger partial charge >= 0.3 is 0 Å². The zero-order valence-corrected chi connectivity index (χ0v) is 11.6. The van der Waals surface area contributed by atoms with Crippen LogP contribution in [0.2, 0.25) is 0 Å². The number of hydrogen-bond donors (Lipinski definition) is 4. The molecule has 0 amide bonds. The molecule has 2 aromatic rings. The second-order valence-corrected chi connectivity index (χ2v) is 4.70. The van der Waals surface area contributed by atoms with Gasteiger partial charge in [-0.1, -0.05) is 0 Å². The highest BCUT2D eigenvalue weighted by atomic mass is 79.9. The Morgan fingerprint density at radius 2 is 1.89 bits per heavy atom. The minimum atomic E-state index is -0.324. The van der Waals surface area contributed by atoms with Crippen LogP contribution in [0.3, 0.4) is 0 Å². The highest BCUT2D eigenvalue weighted by Gasteiger charge is 2.07. The van der Waals surface area contributed by atoms with Gasteiger partial charge in [0, 0.05) is 11.8 Å². The molecule has 0 fully saturated rings. The lowest BCUT2D eigenvalue weighted by Crippen LogP contribution is -2.11. The van der Waals surface area contributed by atoms with Crippen molar-refractivity contribution in [2.24, 2.45) is 5.84 Å². The number of nitrogens with one attached hydrogen (secondary N) is 2. The van der Waals surface area contributed by atoms with Gasteiger partial charge in [-0.15, -0.1) is 0 Å². The molecule has 1 aromatic heterocycles. The van der Waals surface area contributed by atoms with E-state index in [-0.39, 0.29) is 11.8 Å². The summed E-state index contributed by atoms with van der Waals surface area (Å²) in [5, 5.41) is 3.03. The van der Waals surface area contributed by atoms with Crippen molar-refractivity contribution in [2.45, 2.75) is 6.92 Å². The molecule has 1 aromatic carbocycles. The van der Waals surface area contributed by atoms with Crippen LogP contribution in [0.15, 0.2) is 22.7 Å². The maximum Gasteiger partial charge on any atom is 0.223 e. The van der Waals surface area contributed by atoms with Crippen molar-refractivity contribution in [3.05, 3.63) is 34.1 Å². The molecule has 0 atom stereocenters. The van der Waals surface area contributed by atoms with Gasteiger partial charge in [0.05, 0.1) is 4.47 Å². The van der Waals surface area contributed by atoms with Gasteiger partial charge in [0.2, 0.25) is 5.95 Å². The first-order valence-electron chi connectivity index (χ1n) is 5.33. The van der Waals surface area contributed by atoms with E-state index < -0.39 is 0 Å². The Kier molecular flexibility index (Phi) is 3.82. The summed E-state index contributed by atoms with van der Waals surface area (Å²) in [5.74, 6) is 5.87. The summed E-state index contributed by atoms with van der Waals surface area (Å²) in [4.78, 5) is 7.89. The normalized spacial score (nSPS) is 10.3. The number of halogens is 2. The molecule has 0 saturated carbocycles. The summed E-state index contributed by atoms with van der Waals surface area (Å²) < 4.78 is 13.7. The molecule has 6 nitrogen and oxygen atoms in total. The molecule has 19 heavy (non-hydrogen) atoms. The Balaban J connectivity index is 2.36. The number of aromatic nitrogens is 2. The molecule has 0 bridgehead atoms. The van der Waals surface area contributed by atoms with Gasteiger partial charge in [0.1, 0.15) is 17.5 Å². The molecule has 0 radical (unpaired) electrons. The fourth-order valence-electron chi connectivity index (χ4n) is 1.52. The van der Waals surface area contributed by atoms with Crippen molar-refractivity contribution in [3.8, 4) is 0 Å². The molecule has 0 aliphatic rings. The fourth-order valence-corrected chi connectivity index (χ4v) is 1.87. The molecule has 6 N–H and O–H groups in total. The second-order valence-electron chi connectivity index (χ2n) is 3.85. The van der Waals surface area contributed by atoms with E-state index in [0.29, 0.717) is 21.8 Å². The predicted octanol–water partition coefficient (Wildman–Crippen LogP) is 2.30. The van der Waals surface area contributed by atoms with Gasteiger partial charge in [0.25, 0.3) is 0 Å². The van der Waals surface area contributed by atoms with Crippen LogP contribution in [0.4, 0.5) is 27.7 Å². The summed E-state index contributed by atoms with van der Waals surface area (Å²) in [6.45, 7) is 1.78. The van der Waals surface area contributed by atoms with Crippen LogP contribution in [0.25, 0.3) is 0 Å². The number of anilines is 4. The minimum Gasteiger partial charge on any atom is -0.368 e. The van der Waals surface area contributed by atoms with E-state index in [0.717, 1.165) is 5.56 Å².